The molecule has 0 fully saturated rings. The Morgan fingerprint density at radius 1 is 1.06 bits per heavy atom. The van der Waals surface area contributed by atoms with Crippen molar-refractivity contribution >= 4 is 22.6 Å². The summed E-state index contributed by atoms with van der Waals surface area (Å²) in [5.41, 5.74) is 3.53. The van der Waals surface area contributed by atoms with Crippen molar-refractivity contribution in [1.29, 1.82) is 5.26 Å². The van der Waals surface area contributed by atoms with E-state index < -0.39 is 0 Å². The number of hydrogen-bond acceptors (Lipinski definition) is 5. The van der Waals surface area contributed by atoms with E-state index in [0.717, 1.165) is 11.3 Å². The molecule has 0 unspecified atom stereocenters. The Bertz CT molecular complexity index is 1670. The molecule has 0 aliphatic rings. The number of nitrogens with one attached hydrogen (secondary N) is 1. The number of H-pyrrole nitrogens is 1. The second-order valence-electron chi connectivity index (χ2n) is 7.94. The predicted molar refractivity (Wildman–Crippen MR) is 141 cm³/mol. The van der Waals surface area contributed by atoms with E-state index in [1.807, 2.05) is 60.8 Å². The zero-order chi connectivity index (χ0) is 24.9. The van der Waals surface area contributed by atoms with Crippen LogP contribution in [-0.2, 0) is 0 Å². The van der Waals surface area contributed by atoms with E-state index in [4.69, 9.17) is 9.84 Å². The van der Waals surface area contributed by atoms with Crippen LogP contribution in [0.2, 0.25) is 0 Å². The number of benzene rings is 3. The van der Waals surface area contributed by atoms with Gasteiger partial charge < -0.3 is 9.72 Å². The number of hydrogen-bond donors (Lipinski definition) is 1. The molecule has 0 spiro atoms. The second kappa shape index (κ2) is 9.95. The van der Waals surface area contributed by atoms with Crippen LogP contribution in [0.15, 0.2) is 103 Å². The maximum atomic E-state index is 12.6. The van der Waals surface area contributed by atoms with Crippen LogP contribution in [0.1, 0.15) is 11.4 Å². The molecule has 5 aromatic rings. The van der Waals surface area contributed by atoms with Gasteiger partial charge >= 0.3 is 0 Å². The molecular weight excluding hydrogens is 450 g/mol. The molecule has 7 heteroatoms. The highest BCUT2D eigenvalue weighted by atomic mass is 16.5. The van der Waals surface area contributed by atoms with Crippen molar-refractivity contribution in [3.63, 3.8) is 0 Å². The largest absolute Gasteiger partial charge is 0.490 e. The van der Waals surface area contributed by atoms with Gasteiger partial charge in [0.1, 0.15) is 18.4 Å². The first kappa shape index (κ1) is 22.6. The highest BCUT2D eigenvalue weighted by Gasteiger charge is 2.15. The van der Waals surface area contributed by atoms with Crippen LogP contribution in [0.4, 0.5) is 0 Å². The average molecular weight is 472 g/mol. The Kier molecular flexibility index (Phi) is 6.24. The van der Waals surface area contributed by atoms with Gasteiger partial charge in [-0.3, -0.25) is 4.79 Å². The fourth-order valence-electron chi connectivity index (χ4n) is 3.82. The Hall–Kier alpha value is -5.22. The maximum absolute atomic E-state index is 12.6. The lowest BCUT2D eigenvalue weighted by molar-refractivity contribution is 0.363. The van der Waals surface area contributed by atoms with Crippen LogP contribution < -0.4 is 10.3 Å². The quantitative estimate of drug-likeness (QED) is 0.253. The van der Waals surface area contributed by atoms with Crippen molar-refractivity contribution in [2.45, 2.75) is 0 Å². The average Bonchev–Trinajstić information content (AvgIpc) is 3.35. The Morgan fingerprint density at radius 3 is 2.56 bits per heavy atom. The number of aromatic amines is 1. The molecule has 3 aromatic carbocycles. The molecule has 0 aliphatic carbocycles. The molecule has 0 saturated heterocycles. The molecule has 0 saturated carbocycles. The summed E-state index contributed by atoms with van der Waals surface area (Å²) in [6.45, 7) is 4.08. The van der Waals surface area contributed by atoms with Gasteiger partial charge in [0.15, 0.2) is 5.82 Å². The standard InChI is InChI=1S/C29H21N5O2/c1-2-16-36-24-14-12-20(13-15-24)27-22(19-34(33-27)23-8-4-3-5-9-23)17-21(18-30)28-31-26-11-7-6-10-25(26)29(35)32-28/h2-15,17,19H,1,16H2,(H,31,32,35)/b21-17-. The fraction of sp³-hybridized carbons (Fsp3) is 0.0345. The van der Waals surface area contributed by atoms with Gasteiger partial charge in [0, 0.05) is 17.3 Å². The topological polar surface area (TPSA) is 96.6 Å². The number of fused-ring (bicyclic) bond motifs is 1. The summed E-state index contributed by atoms with van der Waals surface area (Å²) >= 11 is 0. The number of allylic oxidation sites excluding steroid dienone is 1. The van der Waals surface area contributed by atoms with Gasteiger partial charge in [-0.15, -0.1) is 0 Å². The van der Waals surface area contributed by atoms with Crippen molar-refractivity contribution < 1.29 is 4.74 Å². The summed E-state index contributed by atoms with van der Waals surface area (Å²) in [6, 6.07) is 26.5. The van der Waals surface area contributed by atoms with Crippen molar-refractivity contribution in [2.24, 2.45) is 0 Å². The number of para-hydroxylation sites is 2. The first-order valence-corrected chi connectivity index (χ1v) is 11.3. The smallest absolute Gasteiger partial charge is 0.259 e. The second-order valence-corrected chi connectivity index (χ2v) is 7.94. The van der Waals surface area contributed by atoms with E-state index in [1.54, 1.807) is 41.1 Å². The lowest BCUT2D eigenvalue weighted by Gasteiger charge is -2.05. The van der Waals surface area contributed by atoms with E-state index in [1.165, 1.54) is 0 Å². The van der Waals surface area contributed by atoms with Gasteiger partial charge in [0.05, 0.1) is 27.9 Å². The van der Waals surface area contributed by atoms with E-state index in [2.05, 4.69) is 22.6 Å². The highest BCUT2D eigenvalue weighted by molar-refractivity contribution is 5.91. The first-order chi connectivity index (χ1) is 17.7. The third-order valence-corrected chi connectivity index (χ3v) is 5.55. The summed E-state index contributed by atoms with van der Waals surface area (Å²) in [6.07, 6.45) is 5.23. The minimum absolute atomic E-state index is 0.202. The van der Waals surface area contributed by atoms with Gasteiger partial charge in [0.25, 0.3) is 5.56 Å². The lowest BCUT2D eigenvalue weighted by Crippen LogP contribution is -2.11. The lowest BCUT2D eigenvalue weighted by atomic mass is 10.1. The molecule has 2 heterocycles. The summed E-state index contributed by atoms with van der Waals surface area (Å²) in [7, 11) is 0. The van der Waals surface area contributed by atoms with Crippen LogP contribution in [0.25, 0.3) is 39.5 Å². The molecular formula is C29H21N5O2. The van der Waals surface area contributed by atoms with Gasteiger partial charge in [0.2, 0.25) is 0 Å². The molecule has 0 bridgehead atoms. The molecule has 0 radical (unpaired) electrons. The molecule has 36 heavy (non-hydrogen) atoms. The summed E-state index contributed by atoms with van der Waals surface area (Å²) in [5, 5.41) is 15.2. The van der Waals surface area contributed by atoms with E-state index in [0.29, 0.717) is 34.5 Å². The molecule has 0 amide bonds. The SMILES string of the molecule is C=CCOc1ccc(-c2nn(-c3ccccc3)cc2/C=C(/C#N)c2nc3ccccc3c(=O)[nH]2)cc1. The van der Waals surface area contributed by atoms with Crippen molar-refractivity contribution in [3.05, 3.63) is 119 Å². The minimum atomic E-state index is -0.299. The monoisotopic (exact) mass is 471 g/mol. The summed E-state index contributed by atoms with van der Waals surface area (Å²) in [5.74, 6) is 0.918. The first-order valence-electron chi connectivity index (χ1n) is 11.3. The van der Waals surface area contributed by atoms with E-state index in [9.17, 15) is 10.1 Å². The number of nitriles is 1. The molecule has 174 valence electrons. The molecule has 1 N–H and O–H groups in total. The van der Waals surface area contributed by atoms with Crippen LogP contribution in [0.3, 0.4) is 0 Å². The van der Waals surface area contributed by atoms with Crippen molar-refractivity contribution in [3.8, 4) is 28.8 Å². The van der Waals surface area contributed by atoms with Crippen molar-refractivity contribution in [2.75, 3.05) is 6.61 Å². The molecule has 0 atom stereocenters. The molecule has 7 nitrogen and oxygen atoms in total. The zero-order valence-electron chi connectivity index (χ0n) is 19.3. The van der Waals surface area contributed by atoms with Gasteiger partial charge in [-0.1, -0.05) is 43.0 Å². The van der Waals surface area contributed by atoms with Crippen LogP contribution in [0, 0.1) is 11.3 Å². The number of aromatic nitrogens is 4. The fourth-order valence-corrected chi connectivity index (χ4v) is 3.82. The third-order valence-electron chi connectivity index (χ3n) is 5.55. The maximum Gasteiger partial charge on any atom is 0.259 e. The van der Waals surface area contributed by atoms with Crippen LogP contribution in [0.5, 0.6) is 5.75 Å². The molecule has 2 aromatic heterocycles. The summed E-state index contributed by atoms with van der Waals surface area (Å²) < 4.78 is 7.36. The number of nitrogens with zero attached hydrogens (tertiary/aromatic N) is 4. The van der Waals surface area contributed by atoms with Crippen molar-refractivity contribution in [1.82, 2.24) is 19.7 Å². The summed E-state index contributed by atoms with van der Waals surface area (Å²) in [4.78, 5) is 19.8. The van der Waals surface area contributed by atoms with Crippen LogP contribution >= 0.6 is 0 Å². The zero-order valence-corrected chi connectivity index (χ0v) is 19.3. The van der Waals surface area contributed by atoms with Gasteiger partial charge in [-0.2, -0.15) is 10.4 Å². The molecule has 0 aliphatic heterocycles. The van der Waals surface area contributed by atoms with E-state index in [-0.39, 0.29) is 17.0 Å². The van der Waals surface area contributed by atoms with Gasteiger partial charge in [-0.05, 0) is 54.6 Å². The normalized spacial score (nSPS) is 11.2. The minimum Gasteiger partial charge on any atom is -0.490 e. The Labute approximate surface area is 207 Å². The van der Waals surface area contributed by atoms with Crippen LogP contribution in [-0.4, -0.2) is 26.4 Å². The predicted octanol–water partition coefficient (Wildman–Crippen LogP) is 5.40. The Morgan fingerprint density at radius 2 is 1.81 bits per heavy atom. The van der Waals surface area contributed by atoms with E-state index >= 15 is 0 Å². The van der Waals surface area contributed by atoms with Gasteiger partial charge in [-0.25, -0.2) is 9.67 Å². The highest BCUT2D eigenvalue weighted by Crippen LogP contribution is 2.28. The molecule has 5 rings (SSSR count). The number of rotatable bonds is 7. The third kappa shape index (κ3) is 4.56. The Balaban J connectivity index is 1.63. The number of ether oxygens (including phenoxy) is 1.